The van der Waals surface area contributed by atoms with E-state index in [0.717, 1.165) is 12.4 Å². The third kappa shape index (κ3) is 3.27. The summed E-state index contributed by atoms with van der Waals surface area (Å²) in [7, 11) is 0. The molecule has 1 rings (SSSR count). The normalized spacial score (nSPS) is 11.4. The second-order valence-electron chi connectivity index (χ2n) is 2.25. The second-order valence-corrected chi connectivity index (χ2v) is 2.25. The summed E-state index contributed by atoms with van der Waals surface area (Å²) in [6, 6.07) is 1.16. The zero-order valence-electron chi connectivity index (χ0n) is 6.80. The molecule has 3 nitrogen and oxygen atoms in total. The number of halogens is 3. The van der Waals surface area contributed by atoms with Crippen molar-refractivity contribution in [2.45, 2.75) is 19.7 Å². The maximum Gasteiger partial charge on any atom is 0.574 e. The summed E-state index contributed by atoms with van der Waals surface area (Å²) in [6.45, 7) is 1.78. The van der Waals surface area contributed by atoms with Crippen LogP contribution in [0.2, 0.25) is 0 Å². The number of hydrogen-bond acceptors (Lipinski definition) is 3. The van der Waals surface area contributed by atoms with Crippen molar-refractivity contribution in [3.05, 3.63) is 18.1 Å². The molecule has 0 radical (unpaired) electrons. The van der Waals surface area contributed by atoms with Crippen LogP contribution in [0, 0.1) is 0 Å². The summed E-state index contributed by atoms with van der Waals surface area (Å²) >= 11 is 0. The summed E-state index contributed by atoms with van der Waals surface area (Å²) < 4.78 is 38.7. The van der Waals surface area contributed by atoms with Crippen LogP contribution in [-0.4, -0.2) is 16.3 Å². The molecule has 13 heavy (non-hydrogen) atoms. The van der Waals surface area contributed by atoms with Gasteiger partial charge in [-0.25, -0.2) is 9.97 Å². The molecule has 0 aliphatic rings. The molecule has 0 fully saturated rings. The van der Waals surface area contributed by atoms with E-state index in [1.807, 2.05) is 0 Å². The van der Waals surface area contributed by atoms with E-state index in [1.165, 1.54) is 0 Å². The van der Waals surface area contributed by atoms with Gasteiger partial charge in [-0.3, -0.25) is 0 Å². The lowest BCUT2D eigenvalue weighted by Crippen LogP contribution is -2.18. The number of ether oxygens (including phenoxy) is 1. The van der Waals surface area contributed by atoms with E-state index in [9.17, 15) is 13.2 Å². The Kier molecular flexibility index (Phi) is 2.69. The van der Waals surface area contributed by atoms with Crippen molar-refractivity contribution in [1.82, 2.24) is 9.97 Å². The van der Waals surface area contributed by atoms with Gasteiger partial charge in [0.15, 0.2) is 0 Å². The van der Waals surface area contributed by atoms with Crippen molar-refractivity contribution in [2.75, 3.05) is 0 Å². The molecule has 1 heterocycles. The Balaban J connectivity index is 2.78. The summed E-state index contributed by atoms with van der Waals surface area (Å²) in [6.07, 6.45) is -3.12. The number of aromatic nitrogens is 2. The van der Waals surface area contributed by atoms with Crippen LogP contribution >= 0.6 is 0 Å². The van der Waals surface area contributed by atoms with Crippen LogP contribution in [0.25, 0.3) is 0 Å². The molecule has 0 spiro atoms. The third-order valence-corrected chi connectivity index (χ3v) is 1.28. The van der Waals surface area contributed by atoms with E-state index in [-0.39, 0.29) is 0 Å². The highest BCUT2D eigenvalue weighted by Crippen LogP contribution is 2.20. The van der Waals surface area contributed by atoms with Crippen LogP contribution in [0.3, 0.4) is 0 Å². The first-order valence-corrected chi connectivity index (χ1v) is 3.58. The van der Waals surface area contributed by atoms with Crippen LogP contribution in [0.4, 0.5) is 13.2 Å². The van der Waals surface area contributed by atoms with Crippen LogP contribution in [0.5, 0.6) is 5.88 Å². The van der Waals surface area contributed by atoms with Crippen molar-refractivity contribution in [1.29, 1.82) is 0 Å². The van der Waals surface area contributed by atoms with Crippen molar-refractivity contribution in [3.8, 4) is 5.88 Å². The molecule has 0 N–H and O–H groups in total. The van der Waals surface area contributed by atoms with Gasteiger partial charge < -0.3 is 4.74 Å². The number of rotatable bonds is 2. The summed E-state index contributed by atoms with van der Waals surface area (Å²) in [5.41, 5.74) is 0.509. The second kappa shape index (κ2) is 3.59. The molecule has 0 aromatic carbocycles. The molecule has 1 aromatic heterocycles. The zero-order valence-corrected chi connectivity index (χ0v) is 6.80. The minimum atomic E-state index is -4.70. The van der Waals surface area contributed by atoms with Gasteiger partial charge in [0.25, 0.3) is 0 Å². The van der Waals surface area contributed by atoms with Gasteiger partial charge in [0.05, 0.1) is 0 Å². The van der Waals surface area contributed by atoms with E-state index in [0.29, 0.717) is 12.1 Å². The van der Waals surface area contributed by atoms with Gasteiger partial charge in [0.2, 0.25) is 5.88 Å². The van der Waals surface area contributed by atoms with Crippen LogP contribution < -0.4 is 4.74 Å². The molecule has 6 heteroatoms. The molecular weight excluding hydrogens is 185 g/mol. The highest BCUT2D eigenvalue weighted by Gasteiger charge is 2.31. The minimum absolute atomic E-state index is 0.473. The topological polar surface area (TPSA) is 35.0 Å². The average molecular weight is 192 g/mol. The van der Waals surface area contributed by atoms with Crippen molar-refractivity contribution in [2.24, 2.45) is 0 Å². The van der Waals surface area contributed by atoms with Gasteiger partial charge in [-0.15, -0.1) is 13.2 Å². The highest BCUT2D eigenvalue weighted by atomic mass is 19.4. The maximum atomic E-state index is 11.7. The van der Waals surface area contributed by atoms with Crippen LogP contribution in [0.15, 0.2) is 12.4 Å². The van der Waals surface area contributed by atoms with Crippen LogP contribution in [0.1, 0.15) is 12.6 Å². The Labute approximate surface area is 72.6 Å². The van der Waals surface area contributed by atoms with E-state index in [1.54, 1.807) is 6.92 Å². The molecule has 0 atom stereocenters. The third-order valence-electron chi connectivity index (χ3n) is 1.28. The van der Waals surface area contributed by atoms with Crippen LogP contribution in [-0.2, 0) is 6.42 Å². The van der Waals surface area contributed by atoms with E-state index in [4.69, 9.17) is 0 Å². The molecular formula is C7H7F3N2O. The molecule has 0 saturated heterocycles. The Hall–Kier alpha value is -1.33. The van der Waals surface area contributed by atoms with Gasteiger partial charge >= 0.3 is 6.36 Å². The fourth-order valence-electron chi connectivity index (χ4n) is 0.745. The number of aryl methyl sites for hydroxylation is 1. The average Bonchev–Trinajstić information content (AvgIpc) is 2.01. The number of alkyl halides is 3. The SMILES string of the molecule is CCc1cc(OC(F)(F)F)ncn1. The van der Waals surface area contributed by atoms with E-state index < -0.39 is 12.2 Å². The van der Waals surface area contributed by atoms with E-state index >= 15 is 0 Å². The molecule has 72 valence electrons. The number of hydrogen-bond donors (Lipinski definition) is 0. The first kappa shape index (κ1) is 9.76. The Morgan fingerprint density at radius 1 is 1.38 bits per heavy atom. The highest BCUT2D eigenvalue weighted by molar-refractivity contribution is 5.13. The minimum Gasteiger partial charge on any atom is -0.388 e. The lowest BCUT2D eigenvalue weighted by molar-refractivity contribution is -0.276. The predicted octanol–water partition coefficient (Wildman–Crippen LogP) is 1.94. The Morgan fingerprint density at radius 2 is 2.08 bits per heavy atom. The number of nitrogens with zero attached hydrogens (tertiary/aromatic N) is 2. The van der Waals surface area contributed by atoms with Gasteiger partial charge in [-0.05, 0) is 6.42 Å². The first-order chi connectivity index (χ1) is 6.01. The lowest BCUT2D eigenvalue weighted by Gasteiger charge is -2.07. The molecule has 0 amide bonds. The van der Waals surface area contributed by atoms with Gasteiger partial charge in [-0.1, -0.05) is 6.92 Å². The smallest absolute Gasteiger partial charge is 0.388 e. The fourth-order valence-corrected chi connectivity index (χ4v) is 0.745. The fraction of sp³-hybridized carbons (Fsp3) is 0.429. The van der Waals surface area contributed by atoms with Gasteiger partial charge in [0.1, 0.15) is 6.33 Å². The largest absolute Gasteiger partial charge is 0.574 e. The Morgan fingerprint density at radius 3 is 2.62 bits per heavy atom. The van der Waals surface area contributed by atoms with Gasteiger partial charge in [0, 0.05) is 11.8 Å². The molecule has 0 bridgehead atoms. The van der Waals surface area contributed by atoms with Crippen molar-refractivity contribution < 1.29 is 17.9 Å². The van der Waals surface area contributed by atoms with E-state index in [2.05, 4.69) is 14.7 Å². The molecule has 1 aromatic rings. The Bertz CT molecular complexity index is 287. The first-order valence-electron chi connectivity index (χ1n) is 3.58. The monoisotopic (exact) mass is 192 g/mol. The standard InChI is InChI=1S/C7H7F3N2O/c1-2-5-3-6(12-4-11-5)13-7(8,9)10/h3-4H,2H2,1H3. The quantitative estimate of drug-likeness (QED) is 0.718. The molecule has 0 aliphatic carbocycles. The predicted molar refractivity (Wildman–Crippen MR) is 38.1 cm³/mol. The summed E-state index contributed by atoms with van der Waals surface area (Å²) in [4.78, 5) is 7.05. The maximum absolute atomic E-state index is 11.7. The summed E-state index contributed by atoms with van der Waals surface area (Å²) in [5, 5.41) is 0. The lowest BCUT2D eigenvalue weighted by atomic mass is 10.3. The van der Waals surface area contributed by atoms with Crippen molar-refractivity contribution >= 4 is 0 Å². The van der Waals surface area contributed by atoms with Gasteiger partial charge in [-0.2, -0.15) is 0 Å². The van der Waals surface area contributed by atoms with Crippen molar-refractivity contribution in [3.63, 3.8) is 0 Å². The molecule has 0 unspecified atom stereocenters. The molecule has 0 aliphatic heterocycles. The zero-order chi connectivity index (χ0) is 9.90. The molecule has 0 saturated carbocycles. The summed E-state index contributed by atoms with van der Waals surface area (Å²) in [5.74, 6) is -0.473.